The number of aliphatic hydroxyl groups excluding tert-OH is 3. The number of aromatic hydroxyl groups is 1. The number of nitrogens with one attached hydrogen (secondary N) is 2. The monoisotopic (exact) mass is 663 g/mol. The van der Waals surface area contributed by atoms with E-state index >= 15 is 0 Å². The van der Waals surface area contributed by atoms with E-state index in [1.165, 1.54) is 7.11 Å². The third-order valence-electron chi connectivity index (χ3n) is 10.7. The quantitative estimate of drug-likeness (QED) is 0.123. The highest BCUT2D eigenvalue weighted by Crippen LogP contribution is 2.37. The van der Waals surface area contributed by atoms with Crippen molar-refractivity contribution < 1.29 is 34.8 Å². The van der Waals surface area contributed by atoms with Crippen molar-refractivity contribution in [1.82, 2.24) is 10.6 Å². The molecule has 8 atom stereocenters. The van der Waals surface area contributed by atoms with Gasteiger partial charge in [0.1, 0.15) is 11.7 Å². The van der Waals surface area contributed by atoms with Gasteiger partial charge >= 0.3 is 0 Å². The van der Waals surface area contributed by atoms with Crippen molar-refractivity contribution in [2.24, 2.45) is 23.5 Å². The van der Waals surface area contributed by atoms with Gasteiger partial charge in [-0.25, -0.2) is 0 Å². The second kappa shape index (κ2) is 16.8. The molecule has 1 aromatic rings. The van der Waals surface area contributed by atoms with Gasteiger partial charge in [0.15, 0.2) is 17.3 Å². The predicted octanol–water partition coefficient (Wildman–Crippen LogP) is 3.11. The van der Waals surface area contributed by atoms with Crippen molar-refractivity contribution in [2.45, 2.75) is 114 Å². The zero-order chi connectivity index (χ0) is 34.2. The molecule has 5 rings (SSSR count). The van der Waals surface area contributed by atoms with Crippen LogP contribution in [0.5, 0.6) is 11.5 Å². The molecule has 262 valence electrons. The fraction of sp³-hybridized carbons (Fsp3) is 0.632. The first-order valence-corrected chi connectivity index (χ1v) is 17.7. The molecule has 10 nitrogen and oxygen atoms in total. The Hall–Kier alpha value is -3.36. The van der Waals surface area contributed by atoms with E-state index in [9.17, 15) is 30.0 Å². The fourth-order valence-corrected chi connectivity index (χ4v) is 7.86. The maximum Gasteiger partial charge on any atom is 0.160 e. The number of Topliss-reactive ketones (excluding diaryl/α,β-unsaturated/α-hetero) is 2. The highest BCUT2D eigenvalue weighted by molar-refractivity contribution is 5.85. The number of aliphatic hydroxyl groups is 3. The number of unbranched alkanes of at least 4 members (excludes halogenated alkanes) is 1. The maximum atomic E-state index is 13.4. The molecule has 0 aromatic heterocycles. The van der Waals surface area contributed by atoms with Crippen LogP contribution in [0.25, 0.3) is 0 Å². The van der Waals surface area contributed by atoms with E-state index in [-0.39, 0.29) is 30.1 Å². The summed E-state index contributed by atoms with van der Waals surface area (Å²) in [7, 11) is 1.46. The van der Waals surface area contributed by atoms with Crippen LogP contribution in [-0.4, -0.2) is 76.5 Å². The molecule has 48 heavy (non-hydrogen) atoms. The Bertz CT molecular complexity index is 1430. The zero-order valence-electron chi connectivity index (χ0n) is 28.1. The summed E-state index contributed by atoms with van der Waals surface area (Å²) in [6, 6.07) is 3.62. The van der Waals surface area contributed by atoms with Crippen LogP contribution in [-0.2, 0) is 16.0 Å². The summed E-state index contributed by atoms with van der Waals surface area (Å²) >= 11 is 0. The van der Waals surface area contributed by atoms with Gasteiger partial charge in [0.05, 0.1) is 31.2 Å². The van der Waals surface area contributed by atoms with Crippen molar-refractivity contribution in [3.8, 4) is 23.3 Å². The maximum absolute atomic E-state index is 13.4. The lowest BCUT2D eigenvalue weighted by Gasteiger charge is -2.39. The Kier molecular flexibility index (Phi) is 12.6. The molecule has 1 saturated heterocycles. The Balaban J connectivity index is 1.22. The van der Waals surface area contributed by atoms with Crippen LogP contribution in [0.2, 0.25) is 0 Å². The number of rotatable bonds is 13. The average Bonchev–Trinajstić information content (AvgIpc) is 3.13. The summed E-state index contributed by atoms with van der Waals surface area (Å²) in [5.74, 6) is 6.96. The van der Waals surface area contributed by atoms with E-state index in [1.807, 2.05) is 12.2 Å². The third kappa shape index (κ3) is 9.41. The number of phenolic OH excluding ortho intramolecular Hbond substituents is 1. The Labute approximate surface area is 284 Å². The number of fused-ring (bicyclic) bond motifs is 2. The minimum absolute atomic E-state index is 0.0665. The Morgan fingerprint density at radius 3 is 2.69 bits per heavy atom. The lowest BCUT2D eigenvalue weighted by Crippen LogP contribution is -2.48. The number of hydrogen-bond donors (Lipinski definition) is 7. The van der Waals surface area contributed by atoms with Gasteiger partial charge in [-0.15, -0.1) is 0 Å². The zero-order valence-corrected chi connectivity index (χ0v) is 28.1. The predicted molar refractivity (Wildman–Crippen MR) is 183 cm³/mol. The Morgan fingerprint density at radius 1 is 1.06 bits per heavy atom. The largest absolute Gasteiger partial charge is 0.504 e. The van der Waals surface area contributed by atoms with Crippen LogP contribution in [0.1, 0.15) is 94.1 Å². The number of ether oxygens (including phenoxy) is 1. The first kappa shape index (κ1) is 35.9. The number of nitrogens with two attached hydrogens (primary N) is 1. The fourth-order valence-electron chi connectivity index (χ4n) is 7.86. The summed E-state index contributed by atoms with van der Waals surface area (Å²) in [6.45, 7) is 1.54. The third-order valence-corrected chi connectivity index (χ3v) is 10.7. The number of carbonyl (C=O) groups is 2. The van der Waals surface area contributed by atoms with Crippen molar-refractivity contribution in [2.75, 3.05) is 20.2 Å². The molecule has 0 amide bonds. The summed E-state index contributed by atoms with van der Waals surface area (Å²) in [5.41, 5.74) is 8.31. The van der Waals surface area contributed by atoms with E-state index < -0.39 is 30.1 Å². The molecule has 2 fully saturated rings. The number of carbonyl (C=O) groups excluding carboxylic acids is 2. The van der Waals surface area contributed by atoms with Gasteiger partial charge in [-0.3, -0.25) is 9.59 Å². The molecule has 4 aliphatic rings. The minimum Gasteiger partial charge on any atom is -0.504 e. The number of ketones is 2. The standard InChI is InChI=1S/C38H53N3O7/c1-48-37-19-26-9-13-33(44)29(32(43)5-3-2-4-24-16-27-7-10-28(42)20-31(27)41-22-24)11-8-25(30(26)21-36(37)47)18-35(46)34(45)12-6-23-14-15-40-38(39)17-23/h14,17,19,21,24-25,27,29,31-32,34-35,40-41,43,45-47H,2-7,9-10,12-13,15-16,18,20,22,39H2,1H3/t24-,25-,27+,29+,31+,32+,34+,35-/m0/s1. The molecule has 0 bridgehead atoms. The highest BCUT2D eigenvalue weighted by Gasteiger charge is 2.35. The van der Waals surface area contributed by atoms with Gasteiger partial charge < -0.3 is 41.5 Å². The molecule has 1 saturated carbocycles. The number of methoxy groups -OCH3 is 1. The first-order chi connectivity index (χ1) is 23.1. The Morgan fingerprint density at radius 2 is 1.90 bits per heavy atom. The van der Waals surface area contributed by atoms with Gasteiger partial charge in [-0.2, -0.15) is 0 Å². The van der Waals surface area contributed by atoms with E-state index in [0.717, 1.165) is 49.8 Å². The average molecular weight is 664 g/mol. The van der Waals surface area contributed by atoms with E-state index in [0.29, 0.717) is 80.1 Å². The summed E-state index contributed by atoms with van der Waals surface area (Å²) in [6.07, 6.45) is 8.99. The molecule has 0 radical (unpaired) electrons. The van der Waals surface area contributed by atoms with Gasteiger partial charge in [-0.1, -0.05) is 30.8 Å². The molecule has 1 aromatic carbocycles. The van der Waals surface area contributed by atoms with Gasteiger partial charge in [0, 0.05) is 37.8 Å². The summed E-state index contributed by atoms with van der Waals surface area (Å²) in [4.78, 5) is 25.3. The van der Waals surface area contributed by atoms with Crippen LogP contribution < -0.4 is 21.1 Å². The molecule has 2 heterocycles. The number of dihydropyridines is 1. The van der Waals surface area contributed by atoms with Crippen molar-refractivity contribution in [3.05, 3.63) is 46.8 Å². The topological polar surface area (TPSA) is 174 Å². The molecule has 2 aliphatic heterocycles. The molecule has 0 spiro atoms. The van der Waals surface area contributed by atoms with E-state index in [4.69, 9.17) is 10.5 Å². The van der Waals surface area contributed by atoms with Gasteiger partial charge in [-0.05, 0) is 105 Å². The summed E-state index contributed by atoms with van der Waals surface area (Å²) < 4.78 is 5.34. The second-order valence-electron chi connectivity index (χ2n) is 14.2. The lowest BCUT2D eigenvalue weighted by atomic mass is 9.74. The van der Waals surface area contributed by atoms with E-state index in [2.05, 4.69) is 22.5 Å². The molecular formula is C38H53N3O7. The number of allylic oxidation sites excluding steroid dienone is 2. The smallest absolute Gasteiger partial charge is 0.160 e. The van der Waals surface area contributed by atoms with Crippen LogP contribution in [0.3, 0.4) is 0 Å². The highest BCUT2D eigenvalue weighted by atomic mass is 16.5. The first-order valence-electron chi connectivity index (χ1n) is 17.7. The van der Waals surface area contributed by atoms with Gasteiger partial charge in [0.25, 0.3) is 0 Å². The van der Waals surface area contributed by atoms with Crippen molar-refractivity contribution >= 4 is 11.6 Å². The summed E-state index contributed by atoms with van der Waals surface area (Å²) in [5, 5.41) is 50.5. The van der Waals surface area contributed by atoms with Crippen LogP contribution in [0.4, 0.5) is 0 Å². The number of aryl methyl sites for hydroxylation is 1. The van der Waals surface area contributed by atoms with Crippen LogP contribution in [0.15, 0.2) is 35.7 Å². The SMILES string of the molecule is COc1cc2c(cc1O)[C@H](C[C@H](O)[C@H](O)CCC1=CCNC(N)=C1)C#C[C@H]([C@H](O)CCCC[C@@H]1CN[C@@H]3CC(=O)CC[C@@H]3C1)C(=O)CC2. The van der Waals surface area contributed by atoms with Crippen LogP contribution in [0, 0.1) is 29.6 Å². The number of piperidine rings is 1. The lowest BCUT2D eigenvalue weighted by molar-refractivity contribution is -0.124. The molecule has 0 unspecified atom stereocenters. The minimum atomic E-state index is -1.11. The normalized spacial score (nSPS) is 27.6. The number of hydrogen-bond acceptors (Lipinski definition) is 10. The van der Waals surface area contributed by atoms with Crippen molar-refractivity contribution in [1.29, 1.82) is 0 Å². The molecular weight excluding hydrogens is 610 g/mol. The molecule has 8 N–H and O–H groups in total. The number of phenols is 1. The second-order valence-corrected chi connectivity index (χ2v) is 14.2. The van der Waals surface area contributed by atoms with Gasteiger partial charge in [0.2, 0.25) is 0 Å². The molecule has 10 heteroatoms. The molecule has 2 aliphatic carbocycles. The number of benzene rings is 1. The van der Waals surface area contributed by atoms with Crippen LogP contribution >= 0.6 is 0 Å². The van der Waals surface area contributed by atoms with Crippen molar-refractivity contribution in [3.63, 3.8) is 0 Å². The van der Waals surface area contributed by atoms with E-state index in [1.54, 1.807) is 12.1 Å².